The lowest BCUT2D eigenvalue weighted by Crippen LogP contribution is -2.52. The maximum Gasteiger partial charge on any atom is 0.301 e. The predicted octanol–water partition coefficient (Wildman–Crippen LogP) is 6.35. The lowest BCUT2D eigenvalue weighted by Gasteiger charge is -2.38. The fourth-order valence-electron chi connectivity index (χ4n) is 10.1. The van der Waals surface area contributed by atoms with Crippen LogP contribution in [0.1, 0.15) is 94.7 Å². The van der Waals surface area contributed by atoms with E-state index in [1.54, 1.807) is 17.2 Å². The molecule has 1 saturated carbocycles. The number of H-pyrrole nitrogens is 1. The summed E-state index contributed by atoms with van der Waals surface area (Å²) in [6.07, 6.45) is 9.29. The van der Waals surface area contributed by atoms with E-state index >= 15 is 8.78 Å². The summed E-state index contributed by atoms with van der Waals surface area (Å²) in [6.45, 7) is 5.39. The van der Waals surface area contributed by atoms with Gasteiger partial charge in [-0.05, 0) is 123 Å². The van der Waals surface area contributed by atoms with Crippen LogP contribution in [0, 0.1) is 17.6 Å². The summed E-state index contributed by atoms with van der Waals surface area (Å²) in [6, 6.07) is 17.1. The second-order valence-electron chi connectivity index (χ2n) is 18.2. The second kappa shape index (κ2) is 17.1. The molecule has 0 spiro atoms. The summed E-state index contributed by atoms with van der Waals surface area (Å²) >= 11 is 0. The van der Waals surface area contributed by atoms with Crippen LogP contribution in [0.15, 0.2) is 73.1 Å². The third kappa shape index (κ3) is 8.40. The lowest BCUT2D eigenvalue weighted by atomic mass is 9.87. The number of nitrogens with one attached hydrogen (secondary N) is 3. The summed E-state index contributed by atoms with van der Waals surface area (Å²) in [5, 5.41) is 2.75. The zero-order valence-corrected chi connectivity index (χ0v) is 36.8. The van der Waals surface area contributed by atoms with Gasteiger partial charge in [0.15, 0.2) is 5.82 Å². The quantitative estimate of drug-likeness (QED) is 0.0956. The number of nitrogens with zero attached hydrogens (tertiary/aromatic N) is 5. The van der Waals surface area contributed by atoms with Gasteiger partial charge in [-0.1, -0.05) is 24.3 Å². The van der Waals surface area contributed by atoms with Crippen molar-refractivity contribution in [3.05, 3.63) is 113 Å². The van der Waals surface area contributed by atoms with Crippen LogP contribution in [0.3, 0.4) is 0 Å². The van der Waals surface area contributed by atoms with Crippen molar-refractivity contribution in [2.24, 2.45) is 5.92 Å². The number of likely N-dealkylation sites (tertiary alicyclic amines) is 1. The molecule has 17 heteroatoms. The van der Waals surface area contributed by atoms with Crippen molar-refractivity contribution in [3.63, 3.8) is 0 Å². The molecule has 14 nitrogen and oxygen atoms in total. The number of hydrogen-bond acceptors (Lipinski definition) is 9. The topological polar surface area (TPSA) is 168 Å². The Balaban J connectivity index is 0.729. The molecule has 5 aliphatic rings. The second-order valence-corrected chi connectivity index (χ2v) is 19.9. The average molecular weight is 905 g/mol. The smallest absolute Gasteiger partial charge is 0.301 e. The van der Waals surface area contributed by atoms with Crippen LogP contribution in [-0.2, 0) is 26.3 Å². The van der Waals surface area contributed by atoms with E-state index < -0.39 is 50.8 Å². The number of ketones is 1. The first-order valence-corrected chi connectivity index (χ1v) is 23.9. The summed E-state index contributed by atoms with van der Waals surface area (Å²) in [7, 11) is -2.73. The standard InChI is InChI=1S/C48H50F2N8O6S/c1-55(34-7-8-34)65(63,64)54-40-11-10-39(49)43(44(40)50)45(60)38-25-52-46-37(38)23-32(24-51-46)29-2-5-35(6-3-29)57-20-14-28(15-21-57)26-56-18-16-30(17-19-56)31-4-9-36-33(22-31)27-58(48(36)62)41-12-13-42(59)53-47(41)61/h2-6,9-11,22-25,28,30,34,41,54H,7-8,12-21,26-27H2,1H3,(H,51,52)(H,53,59,61)/t41-/m0/s1. The first kappa shape index (κ1) is 42.9. The van der Waals surface area contributed by atoms with Gasteiger partial charge >= 0.3 is 10.2 Å². The Morgan fingerprint density at radius 1 is 0.892 bits per heavy atom. The molecule has 1 aliphatic carbocycles. The van der Waals surface area contributed by atoms with Crippen LogP contribution < -0.4 is 14.9 Å². The van der Waals surface area contributed by atoms with E-state index in [1.807, 2.05) is 18.2 Å². The zero-order valence-electron chi connectivity index (χ0n) is 36.0. The zero-order chi connectivity index (χ0) is 45.1. The molecule has 3 amide bonds. The third-order valence-electron chi connectivity index (χ3n) is 14.1. The molecule has 6 heterocycles. The number of fused-ring (bicyclic) bond motifs is 2. The minimum absolute atomic E-state index is 0.00512. The molecule has 10 rings (SSSR count). The van der Waals surface area contributed by atoms with Gasteiger partial charge in [0.05, 0.1) is 11.3 Å². The van der Waals surface area contributed by atoms with Gasteiger partial charge < -0.3 is 19.7 Å². The Hall–Kier alpha value is -6.04. The maximum atomic E-state index is 15.8. The number of carbonyl (C=O) groups excluding carboxylic acids is 4. The highest BCUT2D eigenvalue weighted by Gasteiger charge is 2.40. The first-order valence-electron chi connectivity index (χ1n) is 22.4. The summed E-state index contributed by atoms with van der Waals surface area (Å²) in [4.78, 5) is 65.1. The van der Waals surface area contributed by atoms with Crippen LogP contribution in [0.2, 0.25) is 0 Å². The van der Waals surface area contributed by atoms with Crippen molar-refractivity contribution in [2.75, 3.05) is 49.4 Å². The first-order chi connectivity index (χ1) is 31.3. The summed E-state index contributed by atoms with van der Waals surface area (Å²) in [5.41, 5.74) is 4.53. The van der Waals surface area contributed by atoms with Gasteiger partial charge in [0, 0.05) is 85.8 Å². The largest absolute Gasteiger partial charge is 0.372 e. The Labute approximate surface area is 375 Å². The number of piperidine rings is 3. The molecule has 3 aromatic carbocycles. The minimum atomic E-state index is -4.12. The van der Waals surface area contributed by atoms with Gasteiger partial charge in [-0.3, -0.25) is 29.2 Å². The Bertz CT molecular complexity index is 2830. The van der Waals surface area contributed by atoms with Gasteiger partial charge in [0.25, 0.3) is 5.91 Å². The Morgan fingerprint density at radius 2 is 1.65 bits per heavy atom. The van der Waals surface area contributed by atoms with Crippen LogP contribution in [0.4, 0.5) is 20.2 Å². The number of halogens is 2. The Kier molecular flexibility index (Phi) is 11.3. The Morgan fingerprint density at radius 3 is 2.37 bits per heavy atom. The van der Waals surface area contributed by atoms with E-state index in [0.717, 1.165) is 91.7 Å². The van der Waals surface area contributed by atoms with Crippen molar-refractivity contribution in [2.45, 2.75) is 75.9 Å². The van der Waals surface area contributed by atoms with Gasteiger partial charge in [-0.2, -0.15) is 12.7 Å². The fraction of sp³-hybridized carbons (Fsp3) is 0.396. The van der Waals surface area contributed by atoms with E-state index in [1.165, 1.54) is 18.8 Å². The molecule has 3 saturated heterocycles. The molecule has 1 atom stereocenters. The number of carbonyl (C=O) groups is 4. The highest BCUT2D eigenvalue weighted by atomic mass is 32.2. The molecular formula is C48H50F2N8O6S. The van der Waals surface area contributed by atoms with Crippen molar-refractivity contribution < 1.29 is 36.4 Å². The highest BCUT2D eigenvalue weighted by Crippen LogP contribution is 2.36. The van der Waals surface area contributed by atoms with Crippen molar-refractivity contribution >= 4 is 56.1 Å². The third-order valence-corrected chi connectivity index (χ3v) is 15.6. The van der Waals surface area contributed by atoms with Gasteiger partial charge in [0.2, 0.25) is 17.6 Å². The number of pyridine rings is 1. The van der Waals surface area contributed by atoms with E-state index in [-0.39, 0.29) is 29.8 Å². The molecule has 338 valence electrons. The van der Waals surface area contributed by atoms with Crippen LogP contribution in [0.5, 0.6) is 0 Å². The van der Waals surface area contributed by atoms with Crippen molar-refractivity contribution in [1.82, 2.24) is 29.4 Å². The number of rotatable bonds is 12. The van der Waals surface area contributed by atoms with Gasteiger partial charge in [-0.15, -0.1) is 0 Å². The fourth-order valence-corrected chi connectivity index (χ4v) is 11.3. The molecule has 3 N–H and O–H groups in total. The van der Waals surface area contributed by atoms with E-state index in [2.05, 4.69) is 54.1 Å². The number of anilines is 2. The summed E-state index contributed by atoms with van der Waals surface area (Å²) in [5.74, 6) is -3.15. The van der Waals surface area contributed by atoms with Crippen molar-refractivity contribution in [1.29, 1.82) is 0 Å². The molecule has 4 aliphatic heterocycles. The SMILES string of the molecule is CN(C1CC1)S(=O)(=O)Nc1ccc(F)c(C(=O)c2c[nH]c3ncc(-c4ccc(N5CCC(CN6CCC(c7ccc8c(c7)CN([C@H]7CCC(=O)NC7=O)C8=O)CC6)CC5)cc4)cc23)c1F. The molecule has 65 heavy (non-hydrogen) atoms. The van der Waals surface area contributed by atoms with Crippen LogP contribution in [0.25, 0.3) is 22.2 Å². The molecule has 0 unspecified atom stereocenters. The van der Waals surface area contributed by atoms with E-state index in [4.69, 9.17) is 0 Å². The summed E-state index contributed by atoms with van der Waals surface area (Å²) < 4.78 is 59.8. The monoisotopic (exact) mass is 904 g/mol. The van der Waals surface area contributed by atoms with E-state index in [0.29, 0.717) is 59.8 Å². The number of hydrogen-bond donors (Lipinski definition) is 3. The van der Waals surface area contributed by atoms with Gasteiger partial charge in [-0.25, -0.2) is 13.8 Å². The maximum absolute atomic E-state index is 15.8. The van der Waals surface area contributed by atoms with Crippen LogP contribution >= 0.6 is 0 Å². The number of benzene rings is 3. The van der Waals surface area contributed by atoms with E-state index in [9.17, 15) is 27.6 Å². The lowest BCUT2D eigenvalue weighted by molar-refractivity contribution is -0.136. The molecule has 0 radical (unpaired) electrons. The number of imide groups is 1. The van der Waals surface area contributed by atoms with Crippen LogP contribution in [-0.4, -0.2) is 108 Å². The normalized spacial score (nSPS) is 20.2. The molecule has 2 aromatic heterocycles. The number of aromatic nitrogens is 2. The minimum Gasteiger partial charge on any atom is -0.372 e. The molecule has 0 bridgehead atoms. The molecule has 5 aromatic rings. The molecule has 4 fully saturated rings. The predicted molar refractivity (Wildman–Crippen MR) is 240 cm³/mol. The average Bonchev–Trinajstić information content (AvgIpc) is 3.99. The highest BCUT2D eigenvalue weighted by molar-refractivity contribution is 7.90. The number of aromatic amines is 1. The molecular weight excluding hydrogens is 855 g/mol. The van der Waals surface area contributed by atoms with Crippen molar-refractivity contribution in [3.8, 4) is 11.1 Å². The number of amides is 3. The van der Waals surface area contributed by atoms with Gasteiger partial charge in [0.1, 0.15) is 17.5 Å².